The molecule has 0 aromatic carbocycles. The fourth-order valence-electron chi connectivity index (χ4n) is 6.81. The number of allylic oxidation sites excluding steroid dienone is 6. The normalized spacial score (nSPS) is 43.4. The van der Waals surface area contributed by atoms with Crippen molar-refractivity contribution in [3.05, 3.63) is 35.2 Å². The molecule has 4 rings (SSSR count). The van der Waals surface area contributed by atoms with Crippen LogP contribution >= 0.6 is 0 Å². The van der Waals surface area contributed by atoms with Gasteiger partial charge in [0.1, 0.15) is 12.3 Å². The van der Waals surface area contributed by atoms with Crippen LogP contribution in [0.4, 0.5) is 8.78 Å². The molecule has 2 fully saturated rings. The number of ether oxygens (including phenoxy) is 1. The minimum absolute atomic E-state index is 0.00324. The van der Waals surface area contributed by atoms with Gasteiger partial charge in [0, 0.05) is 22.8 Å². The molecule has 0 radical (unpaired) electrons. The van der Waals surface area contributed by atoms with Crippen LogP contribution in [0, 0.1) is 28.6 Å². The summed E-state index contributed by atoms with van der Waals surface area (Å²) in [7, 11) is 0. The number of ketones is 1. The zero-order valence-electron chi connectivity index (χ0n) is 17.6. The predicted molar refractivity (Wildman–Crippen MR) is 106 cm³/mol. The quantitative estimate of drug-likeness (QED) is 0.466. The third-order valence-electron chi connectivity index (χ3n) is 8.19. The van der Waals surface area contributed by atoms with Crippen molar-refractivity contribution in [2.24, 2.45) is 28.6 Å². The second kappa shape index (κ2) is 6.88. The smallest absolute Gasteiger partial charge is 0.305 e. The maximum atomic E-state index is 15.3. The summed E-state index contributed by atoms with van der Waals surface area (Å²) in [6, 6.07) is 0. The van der Waals surface area contributed by atoms with Gasteiger partial charge in [-0.3, -0.25) is 9.59 Å². The van der Waals surface area contributed by atoms with Gasteiger partial charge in [0.25, 0.3) is 0 Å². The van der Waals surface area contributed by atoms with Crippen LogP contribution in [-0.2, 0) is 14.3 Å². The Morgan fingerprint density at radius 2 is 2.03 bits per heavy atom. The standard InChI is InChI=1S/C24H30F2O3/c1-5-19(28)29-22-13(3)11-16-14-12-17(25)20-21(26)18(27)8-9-23(20,4)15(14)7-10-24(16,22)6-2/h7-9,13-14,16-17,22H,5-6,10-12H2,1-4H3/t13-,14+,16-,17-,22+,23+,24-/m0/s1. The predicted octanol–water partition coefficient (Wildman–Crippen LogP) is 5.42. The van der Waals surface area contributed by atoms with E-state index in [0.717, 1.165) is 24.8 Å². The molecular weight excluding hydrogens is 374 g/mol. The van der Waals surface area contributed by atoms with E-state index >= 15 is 4.39 Å². The van der Waals surface area contributed by atoms with E-state index in [0.29, 0.717) is 6.42 Å². The monoisotopic (exact) mass is 404 g/mol. The van der Waals surface area contributed by atoms with Gasteiger partial charge in [-0.05, 0) is 56.4 Å². The number of hydrogen-bond acceptors (Lipinski definition) is 3. The number of carbonyl (C=O) groups excluding carboxylic acids is 2. The highest BCUT2D eigenvalue weighted by atomic mass is 19.1. The van der Waals surface area contributed by atoms with E-state index in [1.807, 2.05) is 6.92 Å². The lowest BCUT2D eigenvalue weighted by atomic mass is 9.51. The Bertz CT molecular complexity index is 841. The molecule has 0 unspecified atom stereocenters. The van der Waals surface area contributed by atoms with Gasteiger partial charge in [0.2, 0.25) is 5.78 Å². The van der Waals surface area contributed by atoms with Gasteiger partial charge in [0.15, 0.2) is 5.83 Å². The van der Waals surface area contributed by atoms with Crippen molar-refractivity contribution >= 4 is 11.8 Å². The maximum Gasteiger partial charge on any atom is 0.305 e. The molecule has 0 aromatic rings. The molecule has 3 nitrogen and oxygen atoms in total. The minimum atomic E-state index is -1.48. The molecule has 158 valence electrons. The van der Waals surface area contributed by atoms with Crippen LogP contribution in [0.15, 0.2) is 35.2 Å². The van der Waals surface area contributed by atoms with Crippen molar-refractivity contribution in [2.45, 2.75) is 72.1 Å². The molecule has 7 atom stereocenters. The van der Waals surface area contributed by atoms with E-state index in [1.54, 1.807) is 13.0 Å². The number of rotatable bonds is 3. The summed E-state index contributed by atoms with van der Waals surface area (Å²) >= 11 is 0. The molecule has 0 aromatic heterocycles. The highest BCUT2D eigenvalue weighted by Gasteiger charge is 2.62. The number of esters is 1. The molecule has 0 bridgehead atoms. The Morgan fingerprint density at radius 1 is 1.31 bits per heavy atom. The summed E-state index contributed by atoms with van der Waals surface area (Å²) in [6.45, 7) is 7.87. The third-order valence-corrected chi connectivity index (χ3v) is 8.19. The molecule has 0 aliphatic heterocycles. The molecule has 4 aliphatic rings. The van der Waals surface area contributed by atoms with Gasteiger partial charge in [0.05, 0.1) is 0 Å². The first-order valence-corrected chi connectivity index (χ1v) is 10.9. The average molecular weight is 404 g/mol. The van der Waals surface area contributed by atoms with Crippen molar-refractivity contribution in [1.82, 2.24) is 0 Å². The van der Waals surface area contributed by atoms with Crippen LogP contribution in [0.2, 0.25) is 0 Å². The summed E-state index contributed by atoms with van der Waals surface area (Å²) in [5, 5.41) is 0. The van der Waals surface area contributed by atoms with Crippen molar-refractivity contribution in [3.63, 3.8) is 0 Å². The van der Waals surface area contributed by atoms with E-state index in [1.165, 1.54) is 6.08 Å². The number of carbonyl (C=O) groups is 2. The highest BCUT2D eigenvalue weighted by Crippen LogP contribution is 2.65. The first kappa shape index (κ1) is 20.5. The topological polar surface area (TPSA) is 43.4 Å². The van der Waals surface area contributed by atoms with Gasteiger partial charge < -0.3 is 4.74 Å². The van der Waals surface area contributed by atoms with E-state index in [2.05, 4.69) is 19.9 Å². The van der Waals surface area contributed by atoms with Gasteiger partial charge in [-0.2, -0.15) is 0 Å². The number of fused-ring (bicyclic) bond motifs is 5. The minimum Gasteiger partial charge on any atom is -0.461 e. The third kappa shape index (κ3) is 2.72. The van der Waals surface area contributed by atoms with Gasteiger partial charge in [-0.15, -0.1) is 0 Å². The lowest BCUT2D eigenvalue weighted by Gasteiger charge is -2.53. The number of halogens is 2. The van der Waals surface area contributed by atoms with Gasteiger partial charge in [-0.1, -0.05) is 38.5 Å². The molecule has 0 amide bonds. The fraction of sp³-hybridized carbons (Fsp3) is 0.667. The van der Waals surface area contributed by atoms with Crippen LogP contribution < -0.4 is 0 Å². The molecular formula is C24H30F2O3. The van der Waals surface area contributed by atoms with Crippen LogP contribution in [0.5, 0.6) is 0 Å². The first-order chi connectivity index (χ1) is 13.7. The Labute approximate surface area is 171 Å². The van der Waals surface area contributed by atoms with Crippen LogP contribution in [0.3, 0.4) is 0 Å². The van der Waals surface area contributed by atoms with E-state index in [-0.39, 0.29) is 47.2 Å². The van der Waals surface area contributed by atoms with Gasteiger partial charge in [-0.25, -0.2) is 8.78 Å². The molecule has 4 aliphatic carbocycles. The maximum absolute atomic E-state index is 15.3. The fourth-order valence-corrected chi connectivity index (χ4v) is 6.81. The van der Waals surface area contributed by atoms with Crippen LogP contribution in [-0.4, -0.2) is 24.0 Å². The zero-order chi connectivity index (χ0) is 21.1. The Kier molecular flexibility index (Phi) is 4.86. The molecule has 29 heavy (non-hydrogen) atoms. The average Bonchev–Trinajstić information content (AvgIpc) is 2.97. The summed E-state index contributed by atoms with van der Waals surface area (Å²) in [5.74, 6) is -1.51. The SMILES string of the molecule is CCC(=O)O[C@@H]1[C@@H](C)C[C@H]2[C@@H]3C[C@H](F)C4=C(F)C(=O)C=C[C@]4(C)C3=CC[C@]12CC. The van der Waals surface area contributed by atoms with E-state index in [4.69, 9.17) is 4.74 Å². The second-order valence-electron chi connectivity index (χ2n) is 9.47. The lowest BCUT2D eigenvalue weighted by Crippen LogP contribution is -2.49. The Morgan fingerprint density at radius 3 is 2.69 bits per heavy atom. The zero-order valence-corrected chi connectivity index (χ0v) is 17.6. The molecule has 0 spiro atoms. The van der Waals surface area contributed by atoms with Crippen LogP contribution in [0.25, 0.3) is 0 Å². The van der Waals surface area contributed by atoms with E-state index < -0.39 is 23.2 Å². The van der Waals surface area contributed by atoms with Crippen molar-refractivity contribution in [2.75, 3.05) is 0 Å². The molecule has 2 saturated carbocycles. The molecule has 0 N–H and O–H groups in total. The summed E-state index contributed by atoms with van der Waals surface area (Å²) < 4.78 is 35.9. The van der Waals surface area contributed by atoms with Crippen LogP contribution in [0.1, 0.15) is 59.8 Å². The lowest BCUT2D eigenvalue weighted by molar-refractivity contribution is -0.159. The van der Waals surface area contributed by atoms with E-state index in [9.17, 15) is 14.0 Å². The Balaban J connectivity index is 1.78. The highest BCUT2D eigenvalue weighted by molar-refractivity contribution is 6.04. The number of hydrogen-bond donors (Lipinski definition) is 0. The van der Waals surface area contributed by atoms with Crippen molar-refractivity contribution < 1.29 is 23.1 Å². The molecule has 0 heterocycles. The molecule has 5 heteroatoms. The molecule has 0 saturated heterocycles. The largest absolute Gasteiger partial charge is 0.461 e. The van der Waals surface area contributed by atoms with Crippen molar-refractivity contribution in [1.29, 1.82) is 0 Å². The summed E-state index contributed by atoms with van der Waals surface area (Å²) in [5.41, 5.74) is -0.0649. The first-order valence-electron chi connectivity index (χ1n) is 10.9. The second-order valence-corrected chi connectivity index (χ2v) is 9.47. The summed E-state index contributed by atoms with van der Waals surface area (Å²) in [4.78, 5) is 23.9. The number of alkyl halides is 1. The summed E-state index contributed by atoms with van der Waals surface area (Å²) in [6.07, 6.45) is 6.40. The Hall–Kier alpha value is -1.78. The van der Waals surface area contributed by atoms with Gasteiger partial charge >= 0.3 is 5.97 Å². The van der Waals surface area contributed by atoms with Crippen molar-refractivity contribution in [3.8, 4) is 0 Å².